The Kier molecular flexibility index (Phi) is 7.82. The van der Waals surface area contributed by atoms with Crippen molar-refractivity contribution in [2.75, 3.05) is 18.4 Å². The Morgan fingerprint density at radius 2 is 1.55 bits per heavy atom. The number of anilines is 1. The lowest BCUT2D eigenvalue weighted by Crippen LogP contribution is -2.40. The molecule has 0 aliphatic carbocycles. The van der Waals surface area contributed by atoms with E-state index in [2.05, 4.69) is 5.32 Å². The molecule has 0 bridgehead atoms. The third-order valence-corrected chi connectivity index (χ3v) is 8.38. The highest BCUT2D eigenvalue weighted by atomic mass is 32.2. The smallest absolute Gasteiger partial charge is 0.243 e. The number of carbonyl (C=O) groups is 1. The summed E-state index contributed by atoms with van der Waals surface area (Å²) in [4.78, 5) is 13.6. The largest absolute Gasteiger partial charge is 0.309 e. The van der Waals surface area contributed by atoms with Crippen molar-refractivity contribution in [1.29, 1.82) is 0 Å². The highest BCUT2D eigenvalue weighted by Crippen LogP contribution is 2.26. The Bertz CT molecular complexity index is 1740. The van der Waals surface area contributed by atoms with Gasteiger partial charge in [-0.05, 0) is 47.9 Å². The molecule has 1 N–H and O–H groups in total. The van der Waals surface area contributed by atoms with E-state index in [0.29, 0.717) is 11.5 Å². The Labute approximate surface area is 235 Å². The van der Waals surface area contributed by atoms with Gasteiger partial charge in [0, 0.05) is 18.2 Å². The number of hydrogen-bond acceptors (Lipinski definition) is 4. The first-order valence-electron chi connectivity index (χ1n) is 13.2. The molecule has 204 valence electrons. The molecular weight excluding hydrogens is 520 g/mol. The van der Waals surface area contributed by atoms with Crippen LogP contribution in [0.25, 0.3) is 27.7 Å². The quantitative estimate of drug-likeness (QED) is 0.233. The Hall–Kier alpha value is -4.27. The minimum Gasteiger partial charge on any atom is -0.309 e. The van der Waals surface area contributed by atoms with Crippen LogP contribution in [0.4, 0.5) is 5.82 Å². The van der Waals surface area contributed by atoms with E-state index in [1.54, 1.807) is 28.9 Å². The fourth-order valence-corrected chi connectivity index (χ4v) is 6.17. The van der Waals surface area contributed by atoms with E-state index in [0.717, 1.165) is 27.6 Å². The average molecular weight is 553 g/mol. The van der Waals surface area contributed by atoms with Crippen molar-refractivity contribution in [3.05, 3.63) is 109 Å². The van der Waals surface area contributed by atoms with Crippen molar-refractivity contribution >= 4 is 32.5 Å². The number of amides is 1. The first-order valence-corrected chi connectivity index (χ1v) is 14.7. The van der Waals surface area contributed by atoms with Crippen LogP contribution in [0, 0.1) is 12.8 Å². The number of rotatable bonds is 9. The number of fused-ring (bicyclic) bond motifs is 1. The summed E-state index contributed by atoms with van der Waals surface area (Å²) in [6, 6.07) is 32.0. The van der Waals surface area contributed by atoms with Crippen LogP contribution in [0.3, 0.4) is 0 Å². The average Bonchev–Trinajstić information content (AvgIpc) is 3.36. The minimum atomic E-state index is -3.93. The molecule has 1 amide bonds. The number of aromatic nitrogens is 2. The lowest BCUT2D eigenvalue weighted by atomic mass is 10.1. The molecule has 0 radical (unpaired) electrons. The molecule has 4 aromatic carbocycles. The number of carbonyl (C=O) groups excluding carboxylic acids is 1. The molecule has 7 nitrogen and oxygen atoms in total. The summed E-state index contributed by atoms with van der Waals surface area (Å²) in [5, 5.41) is 9.46. The van der Waals surface area contributed by atoms with Gasteiger partial charge >= 0.3 is 0 Å². The fourth-order valence-electron chi connectivity index (χ4n) is 4.58. The highest BCUT2D eigenvalue weighted by Gasteiger charge is 2.28. The molecule has 0 unspecified atom stereocenters. The lowest BCUT2D eigenvalue weighted by Gasteiger charge is -2.24. The summed E-state index contributed by atoms with van der Waals surface area (Å²) in [7, 11) is -3.93. The van der Waals surface area contributed by atoms with Crippen molar-refractivity contribution in [3.8, 4) is 16.9 Å². The normalized spacial score (nSPS) is 11.8. The summed E-state index contributed by atoms with van der Waals surface area (Å²) >= 11 is 0. The van der Waals surface area contributed by atoms with Gasteiger partial charge in [0.1, 0.15) is 5.82 Å². The van der Waals surface area contributed by atoms with Crippen molar-refractivity contribution in [2.24, 2.45) is 5.92 Å². The van der Waals surface area contributed by atoms with Gasteiger partial charge in [-0.1, -0.05) is 92.2 Å². The first-order chi connectivity index (χ1) is 19.2. The van der Waals surface area contributed by atoms with E-state index < -0.39 is 15.9 Å². The monoisotopic (exact) mass is 552 g/mol. The minimum absolute atomic E-state index is 0.0193. The predicted molar refractivity (Wildman–Crippen MR) is 160 cm³/mol. The number of nitrogens with zero attached hydrogens (tertiary/aromatic N) is 3. The van der Waals surface area contributed by atoms with Crippen LogP contribution in [0.15, 0.2) is 108 Å². The van der Waals surface area contributed by atoms with Crippen molar-refractivity contribution in [2.45, 2.75) is 25.7 Å². The Morgan fingerprint density at radius 1 is 0.875 bits per heavy atom. The zero-order valence-electron chi connectivity index (χ0n) is 22.8. The number of aryl methyl sites for hydroxylation is 1. The van der Waals surface area contributed by atoms with Gasteiger partial charge in [-0.15, -0.1) is 0 Å². The Morgan fingerprint density at radius 3 is 2.25 bits per heavy atom. The number of sulfonamides is 1. The topological polar surface area (TPSA) is 84.3 Å². The molecular formula is C32H32N4O3S. The molecule has 5 aromatic rings. The van der Waals surface area contributed by atoms with Gasteiger partial charge in [-0.3, -0.25) is 4.79 Å². The zero-order chi connectivity index (χ0) is 28.3. The Balaban J connectivity index is 1.45. The van der Waals surface area contributed by atoms with E-state index in [-0.39, 0.29) is 23.9 Å². The van der Waals surface area contributed by atoms with Crippen LogP contribution >= 0.6 is 0 Å². The first kappa shape index (κ1) is 27.3. The van der Waals surface area contributed by atoms with Gasteiger partial charge in [-0.2, -0.15) is 9.40 Å². The van der Waals surface area contributed by atoms with Crippen LogP contribution in [0.1, 0.15) is 19.4 Å². The van der Waals surface area contributed by atoms with Crippen molar-refractivity contribution in [1.82, 2.24) is 14.1 Å². The van der Waals surface area contributed by atoms with E-state index >= 15 is 0 Å². The summed E-state index contributed by atoms with van der Waals surface area (Å²) in [5.74, 6) is 0.0315. The van der Waals surface area contributed by atoms with Crippen LogP contribution in [0.5, 0.6) is 0 Å². The van der Waals surface area contributed by atoms with Crippen LogP contribution in [-0.4, -0.2) is 41.5 Å². The van der Waals surface area contributed by atoms with E-state index in [9.17, 15) is 13.2 Å². The summed E-state index contributed by atoms with van der Waals surface area (Å²) in [6.07, 6.45) is 0. The van der Waals surface area contributed by atoms with Gasteiger partial charge < -0.3 is 5.32 Å². The maximum absolute atomic E-state index is 13.7. The number of nitrogens with one attached hydrogen (secondary N) is 1. The zero-order valence-corrected chi connectivity index (χ0v) is 23.6. The molecule has 0 atom stereocenters. The third kappa shape index (κ3) is 5.98. The van der Waals surface area contributed by atoms with E-state index in [1.807, 2.05) is 99.6 Å². The molecule has 0 aliphatic rings. The van der Waals surface area contributed by atoms with Crippen molar-refractivity contribution in [3.63, 3.8) is 0 Å². The van der Waals surface area contributed by atoms with Gasteiger partial charge in [0.15, 0.2) is 0 Å². The molecule has 0 saturated heterocycles. The van der Waals surface area contributed by atoms with Gasteiger partial charge in [-0.25, -0.2) is 13.1 Å². The van der Waals surface area contributed by atoms with E-state index in [1.165, 1.54) is 4.31 Å². The number of hydrogen-bond donors (Lipinski definition) is 1. The van der Waals surface area contributed by atoms with Gasteiger partial charge in [0.2, 0.25) is 15.9 Å². The summed E-state index contributed by atoms with van der Waals surface area (Å²) in [6.45, 7) is 5.74. The van der Waals surface area contributed by atoms with Crippen LogP contribution in [0.2, 0.25) is 0 Å². The molecule has 1 aromatic heterocycles. The van der Waals surface area contributed by atoms with E-state index in [4.69, 9.17) is 5.10 Å². The molecule has 0 saturated carbocycles. The van der Waals surface area contributed by atoms with Crippen molar-refractivity contribution < 1.29 is 13.2 Å². The second-order valence-corrected chi connectivity index (χ2v) is 12.2. The second-order valence-electron chi connectivity index (χ2n) is 10.3. The third-order valence-electron chi connectivity index (χ3n) is 6.57. The van der Waals surface area contributed by atoms with Gasteiger partial charge in [0.25, 0.3) is 0 Å². The highest BCUT2D eigenvalue weighted by molar-refractivity contribution is 7.89. The maximum Gasteiger partial charge on any atom is 0.243 e. The van der Waals surface area contributed by atoms with Crippen LogP contribution < -0.4 is 5.32 Å². The maximum atomic E-state index is 13.7. The number of benzene rings is 4. The predicted octanol–water partition coefficient (Wildman–Crippen LogP) is 6.29. The lowest BCUT2D eigenvalue weighted by molar-refractivity contribution is -0.116. The molecule has 40 heavy (non-hydrogen) atoms. The molecule has 8 heteroatoms. The standard InChI is InChI=1S/C32H32N4O3S/c1-23(2)21-35(40(38,39)29-18-15-25-9-7-8-12-27(25)19-29)22-32(37)33-31-20-30(26-10-5-4-6-11-26)34-36(31)28-16-13-24(3)14-17-28/h4-20,23H,21-22H2,1-3H3,(H,33,37). The molecule has 1 heterocycles. The molecule has 0 aliphatic heterocycles. The second kappa shape index (κ2) is 11.5. The summed E-state index contributed by atoms with van der Waals surface area (Å²) < 4.78 is 30.4. The molecule has 5 rings (SSSR count). The van der Waals surface area contributed by atoms with Crippen LogP contribution in [-0.2, 0) is 14.8 Å². The SMILES string of the molecule is Cc1ccc(-n2nc(-c3ccccc3)cc2NC(=O)CN(CC(C)C)S(=O)(=O)c2ccc3ccccc3c2)cc1. The van der Waals surface area contributed by atoms with Gasteiger partial charge in [0.05, 0.1) is 22.8 Å². The fraction of sp³-hybridized carbons (Fsp3) is 0.188. The molecule has 0 fully saturated rings. The summed E-state index contributed by atoms with van der Waals surface area (Å²) in [5.41, 5.74) is 3.49. The molecule has 0 spiro atoms.